The number of carbonyl (C=O) groups excluding carboxylic acids is 2. The molecule has 92 valence electrons. The van der Waals surface area contributed by atoms with Crippen LogP contribution in [0.15, 0.2) is 0 Å². The Bertz CT molecular complexity index is 291. The highest BCUT2D eigenvalue weighted by Gasteiger charge is 2.39. The molecule has 2 N–H and O–H groups in total. The van der Waals surface area contributed by atoms with Gasteiger partial charge in [0.25, 0.3) is 5.91 Å². The van der Waals surface area contributed by atoms with Crippen LogP contribution in [0.2, 0.25) is 0 Å². The Kier molecular flexibility index (Phi) is 3.88. The van der Waals surface area contributed by atoms with Crippen LogP contribution in [0.25, 0.3) is 0 Å². The van der Waals surface area contributed by atoms with Crippen LogP contribution >= 0.6 is 0 Å². The number of carbonyl (C=O) groups is 2. The van der Waals surface area contributed by atoms with Crippen molar-refractivity contribution in [3.63, 3.8) is 0 Å². The summed E-state index contributed by atoms with van der Waals surface area (Å²) in [5.74, 6) is -0.804. The maximum atomic E-state index is 12.1. The summed E-state index contributed by atoms with van der Waals surface area (Å²) in [7, 11) is 1.46. The highest BCUT2D eigenvalue weighted by Crippen LogP contribution is 2.16. The number of methoxy groups -OCH3 is 1. The van der Waals surface area contributed by atoms with E-state index in [9.17, 15) is 9.59 Å². The third kappa shape index (κ3) is 2.51. The summed E-state index contributed by atoms with van der Waals surface area (Å²) in [5, 5.41) is 0. The number of nitrogens with two attached hydrogens (primary N) is 1. The molecule has 0 aromatic rings. The largest absolute Gasteiger partial charge is 0.377 e. The van der Waals surface area contributed by atoms with E-state index in [2.05, 4.69) is 0 Å². The predicted octanol–water partition coefficient (Wildman–Crippen LogP) is -0.876. The molecule has 0 spiro atoms. The quantitative estimate of drug-likeness (QED) is 0.683. The minimum absolute atomic E-state index is 0.154. The number of amides is 2. The van der Waals surface area contributed by atoms with Crippen LogP contribution in [-0.4, -0.2) is 55.2 Å². The van der Waals surface area contributed by atoms with Crippen LogP contribution in [0.1, 0.15) is 13.8 Å². The van der Waals surface area contributed by atoms with Gasteiger partial charge in [-0.2, -0.15) is 0 Å². The summed E-state index contributed by atoms with van der Waals surface area (Å²) in [6.07, 6.45) is 0. The lowest BCUT2D eigenvalue weighted by Crippen LogP contribution is -2.59. The SMILES string of the molecule is COC(C)(C)C(=O)N1CCOCC1C(N)=O. The maximum Gasteiger partial charge on any atom is 0.255 e. The molecule has 1 saturated heterocycles. The first-order valence-corrected chi connectivity index (χ1v) is 5.13. The molecule has 0 aromatic heterocycles. The predicted molar refractivity (Wildman–Crippen MR) is 56.6 cm³/mol. The smallest absolute Gasteiger partial charge is 0.255 e. The van der Waals surface area contributed by atoms with Crippen LogP contribution in [0.4, 0.5) is 0 Å². The lowest BCUT2D eigenvalue weighted by molar-refractivity contribution is -0.162. The molecule has 1 atom stereocenters. The highest BCUT2D eigenvalue weighted by molar-refractivity contribution is 5.90. The van der Waals surface area contributed by atoms with Crippen molar-refractivity contribution in [1.29, 1.82) is 0 Å². The first-order valence-electron chi connectivity index (χ1n) is 5.13. The van der Waals surface area contributed by atoms with Crippen molar-refractivity contribution < 1.29 is 19.1 Å². The monoisotopic (exact) mass is 230 g/mol. The van der Waals surface area contributed by atoms with E-state index in [-0.39, 0.29) is 12.5 Å². The molecular formula is C10H18N2O4. The Balaban J connectivity index is 2.83. The van der Waals surface area contributed by atoms with Crippen molar-refractivity contribution in [3.05, 3.63) is 0 Å². The Morgan fingerprint density at radius 3 is 2.62 bits per heavy atom. The van der Waals surface area contributed by atoms with Gasteiger partial charge in [0.2, 0.25) is 5.91 Å². The van der Waals surface area contributed by atoms with Crippen LogP contribution in [0.3, 0.4) is 0 Å². The Morgan fingerprint density at radius 1 is 1.50 bits per heavy atom. The molecule has 1 unspecified atom stereocenters. The van der Waals surface area contributed by atoms with E-state index < -0.39 is 17.6 Å². The van der Waals surface area contributed by atoms with Crippen molar-refractivity contribution in [2.75, 3.05) is 26.9 Å². The van der Waals surface area contributed by atoms with Gasteiger partial charge >= 0.3 is 0 Å². The molecule has 1 aliphatic rings. The number of rotatable bonds is 3. The zero-order chi connectivity index (χ0) is 12.3. The summed E-state index contributed by atoms with van der Waals surface area (Å²) in [5.41, 5.74) is 4.27. The van der Waals surface area contributed by atoms with Crippen LogP contribution in [-0.2, 0) is 19.1 Å². The molecule has 2 amide bonds. The molecule has 1 fully saturated rings. The van der Waals surface area contributed by atoms with Gasteiger partial charge in [0, 0.05) is 13.7 Å². The third-order valence-corrected chi connectivity index (χ3v) is 2.74. The molecule has 16 heavy (non-hydrogen) atoms. The van der Waals surface area contributed by atoms with E-state index in [1.54, 1.807) is 13.8 Å². The molecule has 0 bridgehead atoms. The molecule has 1 rings (SSSR count). The number of ether oxygens (including phenoxy) is 2. The topological polar surface area (TPSA) is 81.9 Å². The van der Waals surface area contributed by atoms with Crippen LogP contribution in [0.5, 0.6) is 0 Å². The number of primary amides is 1. The molecule has 0 saturated carbocycles. The molecule has 1 heterocycles. The first kappa shape index (κ1) is 12.9. The lowest BCUT2D eigenvalue weighted by atomic mass is 10.1. The van der Waals surface area contributed by atoms with Gasteiger partial charge < -0.3 is 20.1 Å². The fourth-order valence-electron chi connectivity index (χ4n) is 1.52. The average molecular weight is 230 g/mol. The summed E-state index contributed by atoms with van der Waals surface area (Å²) in [6.45, 7) is 4.24. The molecule has 0 aliphatic carbocycles. The standard InChI is InChI=1S/C10H18N2O4/c1-10(2,15-3)9(14)12-4-5-16-6-7(12)8(11)13/h7H,4-6H2,1-3H3,(H2,11,13). The molecule has 1 aliphatic heterocycles. The zero-order valence-electron chi connectivity index (χ0n) is 9.86. The van der Waals surface area contributed by atoms with Gasteiger partial charge in [-0.3, -0.25) is 9.59 Å². The normalized spacial score (nSPS) is 21.9. The first-order chi connectivity index (χ1) is 7.40. The van der Waals surface area contributed by atoms with Gasteiger partial charge in [0.1, 0.15) is 11.6 Å². The number of nitrogens with zero attached hydrogens (tertiary/aromatic N) is 1. The van der Waals surface area contributed by atoms with E-state index in [1.165, 1.54) is 12.0 Å². The van der Waals surface area contributed by atoms with E-state index in [0.29, 0.717) is 13.2 Å². The third-order valence-electron chi connectivity index (χ3n) is 2.74. The van der Waals surface area contributed by atoms with E-state index in [0.717, 1.165) is 0 Å². The second kappa shape index (κ2) is 4.80. The summed E-state index contributed by atoms with van der Waals surface area (Å²) in [6, 6.07) is -0.698. The number of morpholine rings is 1. The summed E-state index contributed by atoms with van der Waals surface area (Å²) >= 11 is 0. The molecule has 0 radical (unpaired) electrons. The summed E-state index contributed by atoms with van der Waals surface area (Å²) < 4.78 is 10.2. The van der Waals surface area contributed by atoms with Gasteiger partial charge in [0.15, 0.2) is 0 Å². The molecule has 6 nitrogen and oxygen atoms in total. The fourth-order valence-corrected chi connectivity index (χ4v) is 1.52. The van der Waals surface area contributed by atoms with Gasteiger partial charge in [-0.1, -0.05) is 0 Å². The van der Waals surface area contributed by atoms with Crippen LogP contribution < -0.4 is 5.73 Å². The summed E-state index contributed by atoms with van der Waals surface area (Å²) in [4.78, 5) is 24.7. The van der Waals surface area contributed by atoms with Crippen LogP contribution in [0, 0.1) is 0 Å². The average Bonchev–Trinajstić information content (AvgIpc) is 2.28. The highest BCUT2D eigenvalue weighted by atomic mass is 16.5. The second-order valence-electron chi connectivity index (χ2n) is 4.21. The van der Waals surface area contributed by atoms with E-state index >= 15 is 0 Å². The zero-order valence-corrected chi connectivity index (χ0v) is 9.86. The van der Waals surface area contributed by atoms with Gasteiger partial charge in [-0.05, 0) is 13.8 Å². The Hall–Kier alpha value is -1.14. The lowest BCUT2D eigenvalue weighted by Gasteiger charge is -2.37. The fraction of sp³-hybridized carbons (Fsp3) is 0.800. The van der Waals surface area contributed by atoms with Crippen molar-refractivity contribution >= 4 is 11.8 Å². The van der Waals surface area contributed by atoms with Gasteiger partial charge in [-0.15, -0.1) is 0 Å². The van der Waals surface area contributed by atoms with Crippen molar-refractivity contribution in [1.82, 2.24) is 4.90 Å². The van der Waals surface area contributed by atoms with Gasteiger partial charge in [0.05, 0.1) is 13.2 Å². The Labute approximate surface area is 94.7 Å². The van der Waals surface area contributed by atoms with E-state index in [4.69, 9.17) is 15.2 Å². The maximum absolute atomic E-state index is 12.1. The van der Waals surface area contributed by atoms with Gasteiger partial charge in [-0.25, -0.2) is 0 Å². The van der Waals surface area contributed by atoms with Crippen molar-refractivity contribution in [2.45, 2.75) is 25.5 Å². The minimum atomic E-state index is -0.953. The van der Waals surface area contributed by atoms with Crippen molar-refractivity contribution in [2.24, 2.45) is 5.73 Å². The Morgan fingerprint density at radius 2 is 2.12 bits per heavy atom. The molecular weight excluding hydrogens is 212 g/mol. The van der Waals surface area contributed by atoms with E-state index in [1.807, 2.05) is 0 Å². The molecule has 0 aromatic carbocycles. The number of hydrogen-bond acceptors (Lipinski definition) is 4. The number of hydrogen-bond donors (Lipinski definition) is 1. The van der Waals surface area contributed by atoms with Crippen molar-refractivity contribution in [3.8, 4) is 0 Å². The molecule has 6 heteroatoms. The minimum Gasteiger partial charge on any atom is -0.377 e. The second-order valence-corrected chi connectivity index (χ2v) is 4.21.